The Morgan fingerprint density at radius 1 is 0.958 bits per heavy atom. The van der Waals surface area contributed by atoms with Crippen molar-refractivity contribution in [2.24, 2.45) is 17.8 Å². The first-order chi connectivity index (χ1) is 11.3. The van der Waals surface area contributed by atoms with E-state index in [0.717, 1.165) is 19.3 Å². The minimum absolute atomic E-state index is 0.0299. The van der Waals surface area contributed by atoms with Crippen LogP contribution in [0.25, 0.3) is 0 Å². The third kappa shape index (κ3) is 5.38. The summed E-state index contributed by atoms with van der Waals surface area (Å²) in [5.41, 5.74) is 0. The monoisotopic (exact) mass is 349 g/mol. The Hall–Kier alpha value is -1.27. The average molecular weight is 349 g/mol. The van der Waals surface area contributed by atoms with Crippen LogP contribution < -0.4 is 5.32 Å². The molecule has 2 aliphatic carbocycles. The number of rotatable bonds is 4. The van der Waals surface area contributed by atoms with E-state index >= 15 is 0 Å². The Bertz CT molecular complexity index is 445. The van der Waals surface area contributed by atoms with Crippen LogP contribution in [0, 0.1) is 17.8 Å². The molecule has 0 aromatic carbocycles. The van der Waals surface area contributed by atoms with E-state index in [1.165, 1.54) is 0 Å². The zero-order valence-electron chi connectivity index (χ0n) is 13.8. The molecule has 0 aromatic heterocycles. The molecule has 0 bridgehead atoms. The molecule has 138 valence electrons. The van der Waals surface area contributed by atoms with Gasteiger partial charge in [-0.25, -0.2) is 0 Å². The number of aliphatic carboxylic acids is 1. The van der Waals surface area contributed by atoms with Gasteiger partial charge in [-0.2, -0.15) is 13.2 Å². The van der Waals surface area contributed by atoms with E-state index in [-0.39, 0.29) is 37.1 Å². The molecule has 0 aliphatic heterocycles. The van der Waals surface area contributed by atoms with Crippen LogP contribution in [0.3, 0.4) is 0 Å². The number of amides is 1. The second-order valence-electron chi connectivity index (χ2n) is 7.22. The maximum Gasteiger partial charge on any atom is 0.391 e. The number of carboxylic acid groups (broad SMARTS) is 1. The highest BCUT2D eigenvalue weighted by Gasteiger charge is 2.41. The number of carboxylic acids is 1. The molecule has 2 N–H and O–H groups in total. The minimum atomic E-state index is -4.14. The molecule has 7 heteroatoms. The van der Waals surface area contributed by atoms with E-state index in [0.29, 0.717) is 25.7 Å². The Kier molecular flexibility index (Phi) is 6.52. The van der Waals surface area contributed by atoms with Gasteiger partial charge in [0.15, 0.2) is 0 Å². The fraction of sp³-hybridized carbons (Fsp3) is 0.882. The molecule has 2 atom stereocenters. The van der Waals surface area contributed by atoms with Gasteiger partial charge in [0, 0.05) is 12.5 Å². The van der Waals surface area contributed by atoms with Crippen molar-refractivity contribution in [2.75, 3.05) is 0 Å². The van der Waals surface area contributed by atoms with Crippen LogP contribution in [0.4, 0.5) is 13.2 Å². The van der Waals surface area contributed by atoms with Gasteiger partial charge in [-0.1, -0.05) is 19.3 Å². The van der Waals surface area contributed by atoms with Gasteiger partial charge in [-0.3, -0.25) is 9.59 Å². The SMILES string of the molecule is O=C(CC1CCC(C(F)(F)F)CC1)N[C@H]1CCCCC[C@H]1C(=O)O. The summed E-state index contributed by atoms with van der Waals surface area (Å²) in [7, 11) is 0. The van der Waals surface area contributed by atoms with Gasteiger partial charge < -0.3 is 10.4 Å². The van der Waals surface area contributed by atoms with Crippen LogP contribution in [-0.2, 0) is 9.59 Å². The number of hydrogen-bond donors (Lipinski definition) is 2. The molecule has 1 amide bonds. The zero-order valence-corrected chi connectivity index (χ0v) is 13.8. The second-order valence-corrected chi connectivity index (χ2v) is 7.22. The van der Waals surface area contributed by atoms with Crippen molar-refractivity contribution in [3.05, 3.63) is 0 Å². The van der Waals surface area contributed by atoms with E-state index < -0.39 is 24.0 Å². The molecular formula is C17H26F3NO3. The predicted octanol–water partition coefficient (Wildman–Crippen LogP) is 3.89. The quantitative estimate of drug-likeness (QED) is 0.757. The Balaban J connectivity index is 1.81. The number of hydrogen-bond acceptors (Lipinski definition) is 2. The largest absolute Gasteiger partial charge is 0.481 e. The lowest BCUT2D eigenvalue weighted by molar-refractivity contribution is -0.184. The summed E-state index contributed by atoms with van der Waals surface area (Å²) in [5.74, 6) is -2.93. The van der Waals surface area contributed by atoms with Crippen molar-refractivity contribution in [3.8, 4) is 0 Å². The number of carbonyl (C=O) groups is 2. The van der Waals surface area contributed by atoms with Crippen molar-refractivity contribution in [3.63, 3.8) is 0 Å². The molecule has 4 nitrogen and oxygen atoms in total. The fourth-order valence-corrected chi connectivity index (χ4v) is 4.00. The second kappa shape index (κ2) is 8.21. The van der Waals surface area contributed by atoms with Crippen LogP contribution in [0.2, 0.25) is 0 Å². The van der Waals surface area contributed by atoms with Gasteiger partial charge in [0.2, 0.25) is 5.91 Å². The van der Waals surface area contributed by atoms with Crippen LogP contribution in [0.1, 0.15) is 64.2 Å². The molecule has 0 unspecified atom stereocenters. The number of carbonyl (C=O) groups excluding carboxylic acids is 1. The molecule has 0 saturated heterocycles. The zero-order chi connectivity index (χ0) is 17.7. The molecule has 2 rings (SSSR count). The summed E-state index contributed by atoms with van der Waals surface area (Å²) < 4.78 is 38.0. The Labute approximate surface area is 140 Å². The minimum Gasteiger partial charge on any atom is -0.481 e. The molecule has 24 heavy (non-hydrogen) atoms. The van der Waals surface area contributed by atoms with Gasteiger partial charge in [-0.15, -0.1) is 0 Å². The van der Waals surface area contributed by atoms with Crippen molar-refractivity contribution < 1.29 is 27.9 Å². The van der Waals surface area contributed by atoms with Crippen LogP contribution in [-0.4, -0.2) is 29.2 Å². The third-order valence-electron chi connectivity index (χ3n) is 5.46. The Morgan fingerprint density at radius 2 is 1.58 bits per heavy atom. The van der Waals surface area contributed by atoms with Gasteiger partial charge in [0.1, 0.15) is 0 Å². The highest BCUT2D eigenvalue weighted by molar-refractivity contribution is 5.78. The molecule has 0 spiro atoms. The lowest BCUT2D eigenvalue weighted by Crippen LogP contribution is -2.43. The normalized spacial score (nSPS) is 32.0. The topological polar surface area (TPSA) is 66.4 Å². The van der Waals surface area contributed by atoms with Gasteiger partial charge in [0.25, 0.3) is 0 Å². The first kappa shape index (κ1) is 19.1. The van der Waals surface area contributed by atoms with Gasteiger partial charge in [0.05, 0.1) is 11.8 Å². The van der Waals surface area contributed by atoms with E-state index in [1.54, 1.807) is 0 Å². The summed E-state index contributed by atoms with van der Waals surface area (Å²) in [4.78, 5) is 23.6. The van der Waals surface area contributed by atoms with E-state index in [1.807, 2.05) is 0 Å². The van der Waals surface area contributed by atoms with Gasteiger partial charge >= 0.3 is 12.1 Å². The fourth-order valence-electron chi connectivity index (χ4n) is 4.00. The van der Waals surface area contributed by atoms with E-state index in [4.69, 9.17) is 0 Å². The highest BCUT2D eigenvalue weighted by Crippen LogP contribution is 2.40. The standard InChI is InChI=1S/C17H26F3NO3/c18-17(19,20)12-8-6-11(7-9-12)10-15(22)21-14-5-3-1-2-4-13(14)16(23)24/h11-14H,1-10H2,(H,21,22)(H,23,24)/t11?,12?,13-,14+/m1/s1. The third-order valence-corrected chi connectivity index (χ3v) is 5.46. The van der Waals surface area contributed by atoms with Crippen LogP contribution >= 0.6 is 0 Å². The maximum atomic E-state index is 12.7. The molecule has 0 radical (unpaired) electrons. The lowest BCUT2D eigenvalue weighted by Gasteiger charge is -2.30. The summed E-state index contributed by atoms with van der Waals surface area (Å²) in [6.45, 7) is 0. The predicted molar refractivity (Wildman–Crippen MR) is 82.3 cm³/mol. The summed E-state index contributed by atoms with van der Waals surface area (Å²) >= 11 is 0. The van der Waals surface area contributed by atoms with Crippen molar-refractivity contribution in [2.45, 2.75) is 76.4 Å². The molecular weight excluding hydrogens is 323 g/mol. The molecule has 2 saturated carbocycles. The lowest BCUT2D eigenvalue weighted by atomic mass is 9.80. The Morgan fingerprint density at radius 3 is 2.17 bits per heavy atom. The van der Waals surface area contributed by atoms with E-state index in [2.05, 4.69) is 5.32 Å². The van der Waals surface area contributed by atoms with Gasteiger partial charge in [-0.05, 0) is 44.4 Å². The number of nitrogens with one attached hydrogen (secondary N) is 1. The summed E-state index contributed by atoms with van der Waals surface area (Å²) in [6.07, 6.45) is 0.991. The molecule has 0 heterocycles. The first-order valence-corrected chi connectivity index (χ1v) is 8.86. The molecule has 2 aliphatic rings. The highest BCUT2D eigenvalue weighted by atomic mass is 19.4. The average Bonchev–Trinajstić information content (AvgIpc) is 2.72. The maximum absolute atomic E-state index is 12.7. The number of alkyl halides is 3. The molecule has 0 aromatic rings. The van der Waals surface area contributed by atoms with Crippen molar-refractivity contribution in [1.82, 2.24) is 5.32 Å². The number of halogens is 3. The van der Waals surface area contributed by atoms with Crippen molar-refractivity contribution >= 4 is 11.9 Å². The summed E-state index contributed by atoms with van der Waals surface area (Å²) in [6, 6.07) is -0.357. The van der Waals surface area contributed by atoms with E-state index in [9.17, 15) is 27.9 Å². The first-order valence-electron chi connectivity index (χ1n) is 8.86. The van der Waals surface area contributed by atoms with Crippen LogP contribution in [0.15, 0.2) is 0 Å². The smallest absolute Gasteiger partial charge is 0.391 e. The van der Waals surface area contributed by atoms with Crippen molar-refractivity contribution in [1.29, 1.82) is 0 Å². The summed E-state index contributed by atoms with van der Waals surface area (Å²) in [5, 5.41) is 12.2. The molecule has 2 fully saturated rings. The van der Waals surface area contributed by atoms with Crippen LogP contribution in [0.5, 0.6) is 0 Å².